The van der Waals surface area contributed by atoms with Crippen molar-refractivity contribution in [1.29, 1.82) is 5.26 Å². The van der Waals surface area contributed by atoms with Gasteiger partial charge in [0.25, 0.3) is 0 Å². The lowest BCUT2D eigenvalue weighted by Crippen LogP contribution is -2.55. The Morgan fingerprint density at radius 1 is 1.44 bits per heavy atom. The number of rotatable bonds is 3. The molecule has 25 heavy (non-hydrogen) atoms. The molecule has 0 spiro atoms. The first-order chi connectivity index (χ1) is 11.6. The molecular formula is C16H17N2O6P-2. The molecule has 1 saturated heterocycles. The Hall–Kier alpha value is -1.91. The topological polar surface area (TPSA) is 126 Å². The van der Waals surface area contributed by atoms with E-state index in [4.69, 9.17) is 14.5 Å². The molecule has 1 fully saturated rings. The Morgan fingerprint density at radius 2 is 2.16 bits per heavy atom. The summed E-state index contributed by atoms with van der Waals surface area (Å²) in [6, 6.07) is 5.90. The number of fused-ring (bicyclic) bond motifs is 1. The van der Waals surface area contributed by atoms with E-state index in [0.717, 1.165) is 0 Å². The molecule has 0 aromatic heterocycles. The maximum absolute atomic E-state index is 12.3. The zero-order valence-electron chi connectivity index (χ0n) is 13.8. The number of benzene rings is 1. The number of hydrogen-bond acceptors (Lipinski definition) is 7. The third-order valence-corrected chi connectivity index (χ3v) is 4.98. The van der Waals surface area contributed by atoms with Gasteiger partial charge in [-0.1, -0.05) is 0 Å². The molecule has 0 aliphatic carbocycles. The third-order valence-electron chi connectivity index (χ3n) is 4.49. The number of carbonyl (C=O) groups is 1. The average molecular weight is 364 g/mol. The largest absolute Gasteiger partial charge is 0.790 e. The van der Waals surface area contributed by atoms with E-state index in [0.29, 0.717) is 36.3 Å². The fourth-order valence-corrected chi connectivity index (χ4v) is 4.09. The molecule has 1 amide bonds. The van der Waals surface area contributed by atoms with Crippen molar-refractivity contribution in [2.24, 2.45) is 0 Å². The van der Waals surface area contributed by atoms with E-state index in [1.807, 2.05) is 6.07 Å². The number of ether oxygens (including phenoxy) is 1. The zero-order chi connectivity index (χ0) is 18.4. The molecule has 2 aliphatic heterocycles. The summed E-state index contributed by atoms with van der Waals surface area (Å²) in [6.45, 7) is 3.61. The van der Waals surface area contributed by atoms with Crippen LogP contribution in [0.15, 0.2) is 18.2 Å². The lowest BCUT2D eigenvalue weighted by atomic mass is 9.85. The quantitative estimate of drug-likeness (QED) is 0.719. The van der Waals surface area contributed by atoms with Crippen LogP contribution in [0.2, 0.25) is 0 Å². The number of amides is 1. The van der Waals surface area contributed by atoms with E-state index in [1.54, 1.807) is 26.0 Å². The standard InChI is InChI=1S/C16H19N2O6P/c1-16(2)15(24-25(20,21)22)14(18-7-3-4-13(18)19)11-8-10(9-17)5-6-12(11)23-16/h5-6,8,14-15H,3-4,7H2,1-2H3,(H2,20,21,22)/p-2/t14-,15-/m0/s1. The Bertz CT molecular complexity index is 796. The SMILES string of the molecule is CC1(C)Oc2ccc(C#N)cc2[C@H](N2CCCC2=O)[C@@H]1OP(=O)([O-])[O-]. The highest BCUT2D eigenvalue weighted by molar-refractivity contribution is 7.43. The molecule has 3 rings (SSSR count). The summed E-state index contributed by atoms with van der Waals surface area (Å²) in [7, 11) is -5.33. The highest BCUT2D eigenvalue weighted by Gasteiger charge is 2.49. The number of nitriles is 1. The monoisotopic (exact) mass is 364 g/mol. The van der Waals surface area contributed by atoms with Gasteiger partial charge in [-0.05, 0) is 38.5 Å². The van der Waals surface area contributed by atoms with Gasteiger partial charge in [-0.2, -0.15) is 5.26 Å². The van der Waals surface area contributed by atoms with Crippen LogP contribution in [0.25, 0.3) is 0 Å². The van der Waals surface area contributed by atoms with E-state index in [1.165, 1.54) is 11.0 Å². The first kappa shape index (κ1) is 17.9. The Morgan fingerprint density at radius 3 is 2.72 bits per heavy atom. The van der Waals surface area contributed by atoms with Crippen LogP contribution in [-0.2, 0) is 13.9 Å². The first-order valence-corrected chi connectivity index (χ1v) is 9.31. The van der Waals surface area contributed by atoms with Crippen LogP contribution in [-0.4, -0.2) is 29.1 Å². The molecule has 0 bridgehead atoms. The van der Waals surface area contributed by atoms with Crippen LogP contribution in [0.4, 0.5) is 0 Å². The van der Waals surface area contributed by atoms with Crippen molar-refractivity contribution in [3.05, 3.63) is 29.3 Å². The second kappa shape index (κ2) is 6.11. The molecule has 134 valence electrons. The van der Waals surface area contributed by atoms with Crippen LogP contribution >= 0.6 is 7.82 Å². The first-order valence-electron chi connectivity index (χ1n) is 7.85. The fourth-order valence-electron chi connectivity index (χ4n) is 3.44. The Labute approximate surface area is 145 Å². The van der Waals surface area contributed by atoms with Gasteiger partial charge in [-0.3, -0.25) is 4.79 Å². The highest BCUT2D eigenvalue weighted by atomic mass is 31.2. The van der Waals surface area contributed by atoms with E-state index in [2.05, 4.69) is 0 Å². The number of phosphoric acid groups is 1. The highest BCUT2D eigenvalue weighted by Crippen LogP contribution is 2.49. The number of nitrogens with zero attached hydrogens (tertiary/aromatic N) is 2. The number of hydrogen-bond donors (Lipinski definition) is 0. The lowest BCUT2D eigenvalue weighted by Gasteiger charge is -2.50. The summed E-state index contributed by atoms with van der Waals surface area (Å²) in [5.41, 5.74) is -0.365. The van der Waals surface area contributed by atoms with Gasteiger partial charge in [-0.15, -0.1) is 0 Å². The minimum atomic E-state index is -5.33. The van der Waals surface area contributed by atoms with Gasteiger partial charge in [0.05, 0.1) is 25.5 Å². The normalized spacial score (nSPS) is 25.2. The molecule has 9 heteroatoms. The van der Waals surface area contributed by atoms with Crippen molar-refractivity contribution in [3.63, 3.8) is 0 Å². The molecular weight excluding hydrogens is 347 g/mol. The molecule has 2 aliphatic rings. The Balaban J connectivity index is 2.16. The minimum absolute atomic E-state index is 0.156. The van der Waals surface area contributed by atoms with Gasteiger partial charge >= 0.3 is 0 Å². The van der Waals surface area contributed by atoms with E-state index in [-0.39, 0.29) is 5.91 Å². The molecule has 0 radical (unpaired) electrons. The van der Waals surface area contributed by atoms with Crippen LogP contribution in [0, 0.1) is 11.3 Å². The van der Waals surface area contributed by atoms with E-state index < -0.39 is 25.6 Å². The van der Waals surface area contributed by atoms with Crippen LogP contribution in [0.3, 0.4) is 0 Å². The van der Waals surface area contributed by atoms with Crippen molar-refractivity contribution in [2.75, 3.05) is 6.54 Å². The van der Waals surface area contributed by atoms with Gasteiger partial charge in [0.1, 0.15) is 17.5 Å². The molecule has 1 aromatic rings. The fraction of sp³-hybridized carbons (Fsp3) is 0.500. The maximum atomic E-state index is 12.3. The second-order valence-corrected chi connectivity index (χ2v) is 7.78. The summed E-state index contributed by atoms with van der Waals surface area (Å²) >= 11 is 0. The van der Waals surface area contributed by atoms with Crippen molar-refractivity contribution < 1.29 is 28.4 Å². The molecule has 0 N–H and O–H groups in total. The van der Waals surface area contributed by atoms with Crippen molar-refractivity contribution in [2.45, 2.75) is 44.4 Å². The molecule has 2 heterocycles. The van der Waals surface area contributed by atoms with Crippen molar-refractivity contribution in [3.8, 4) is 11.8 Å². The summed E-state index contributed by atoms with van der Waals surface area (Å²) in [5, 5.41) is 9.15. The van der Waals surface area contributed by atoms with Crippen molar-refractivity contribution in [1.82, 2.24) is 4.90 Å². The summed E-state index contributed by atoms with van der Waals surface area (Å²) in [4.78, 5) is 36.4. The predicted molar refractivity (Wildman–Crippen MR) is 82.0 cm³/mol. The summed E-state index contributed by atoms with van der Waals surface area (Å²) in [5.74, 6) is 0.274. The van der Waals surface area contributed by atoms with Gasteiger partial charge in [0, 0.05) is 18.5 Å². The van der Waals surface area contributed by atoms with Crippen LogP contribution in [0.5, 0.6) is 5.75 Å². The molecule has 0 unspecified atom stereocenters. The van der Waals surface area contributed by atoms with Gasteiger partial charge in [-0.25, -0.2) is 0 Å². The number of likely N-dealkylation sites (tertiary alicyclic amines) is 1. The molecule has 1 aromatic carbocycles. The predicted octanol–water partition coefficient (Wildman–Crippen LogP) is 0.607. The van der Waals surface area contributed by atoms with E-state index in [9.17, 15) is 19.1 Å². The Kier molecular flexibility index (Phi) is 4.38. The number of phosphoric ester groups is 1. The van der Waals surface area contributed by atoms with E-state index >= 15 is 0 Å². The lowest BCUT2D eigenvalue weighted by molar-refractivity contribution is -0.349. The van der Waals surface area contributed by atoms with Crippen molar-refractivity contribution >= 4 is 13.7 Å². The second-order valence-electron chi connectivity index (χ2n) is 6.68. The number of carbonyl (C=O) groups excluding carboxylic acids is 1. The molecule has 2 atom stereocenters. The van der Waals surface area contributed by atoms with Gasteiger partial charge in [0.15, 0.2) is 0 Å². The van der Waals surface area contributed by atoms with Gasteiger partial charge < -0.3 is 28.5 Å². The summed E-state index contributed by atoms with van der Waals surface area (Å²) < 4.78 is 22.0. The third kappa shape index (κ3) is 3.42. The minimum Gasteiger partial charge on any atom is -0.790 e. The average Bonchev–Trinajstić information content (AvgIpc) is 2.92. The molecule has 8 nitrogen and oxygen atoms in total. The van der Waals surface area contributed by atoms with Crippen LogP contribution < -0.4 is 14.5 Å². The summed E-state index contributed by atoms with van der Waals surface area (Å²) in [6.07, 6.45) is -0.246. The zero-order valence-corrected chi connectivity index (χ0v) is 14.7. The van der Waals surface area contributed by atoms with Crippen LogP contribution in [0.1, 0.15) is 43.9 Å². The molecule has 0 saturated carbocycles. The smallest absolute Gasteiger partial charge is 0.223 e. The van der Waals surface area contributed by atoms with Gasteiger partial charge in [0.2, 0.25) is 5.91 Å². The maximum Gasteiger partial charge on any atom is 0.223 e.